The van der Waals surface area contributed by atoms with Crippen molar-refractivity contribution in [2.45, 2.75) is 23.8 Å². The summed E-state index contributed by atoms with van der Waals surface area (Å²) in [5.74, 6) is -0.124. The van der Waals surface area contributed by atoms with E-state index in [-0.39, 0.29) is 16.8 Å². The summed E-state index contributed by atoms with van der Waals surface area (Å²) in [6.45, 7) is 1.21. The molecular weight excluding hydrogens is 340 g/mol. The van der Waals surface area contributed by atoms with Gasteiger partial charge in [-0.3, -0.25) is 14.5 Å². The zero-order valence-corrected chi connectivity index (χ0v) is 14.4. The van der Waals surface area contributed by atoms with E-state index >= 15 is 0 Å². The topological polar surface area (TPSA) is 105 Å². The van der Waals surface area contributed by atoms with Crippen LogP contribution in [0.1, 0.15) is 23.2 Å². The fourth-order valence-corrected chi connectivity index (χ4v) is 3.85. The molecule has 132 valence electrons. The molecule has 1 amide bonds. The predicted molar refractivity (Wildman–Crippen MR) is 94.6 cm³/mol. The highest BCUT2D eigenvalue weighted by molar-refractivity contribution is 7.92. The van der Waals surface area contributed by atoms with Gasteiger partial charge in [0.1, 0.15) is 0 Å². The van der Waals surface area contributed by atoms with Crippen LogP contribution in [0.25, 0.3) is 0 Å². The van der Waals surface area contributed by atoms with E-state index in [1.165, 1.54) is 36.7 Å². The van der Waals surface area contributed by atoms with E-state index < -0.39 is 10.0 Å². The van der Waals surface area contributed by atoms with Gasteiger partial charge in [0.25, 0.3) is 15.9 Å². The van der Waals surface area contributed by atoms with Gasteiger partial charge in [-0.15, -0.1) is 0 Å². The summed E-state index contributed by atoms with van der Waals surface area (Å²) in [5, 5.41) is 0. The molecule has 1 atom stereocenters. The second-order valence-electron chi connectivity index (χ2n) is 6.02. The number of pyridine rings is 1. The summed E-state index contributed by atoms with van der Waals surface area (Å²) in [7, 11) is -3.71. The van der Waals surface area contributed by atoms with Crippen LogP contribution in [0.3, 0.4) is 0 Å². The van der Waals surface area contributed by atoms with E-state index in [1.807, 2.05) is 0 Å². The molecule has 7 nitrogen and oxygen atoms in total. The number of carbonyl (C=O) groups is 1. The molecule has 1 aliphatic heterocycles. The quantitative estimate of drug-likeness (QED) is 0.858. The maximum absolute atomic E-state index is 12.5. The first-order valence-electron chi connectivity index (χ1n) is 8.03. The number of aromatic nitrogens is 1. The third-order valence-electron chi connectivity index (χ3n) is 4.09. The first-order chi connectivity index (χ1) is 12.0. The van der Waals surface area contributed by atoms with Crippen molar-refractivity contribution in [2.24, 2.45) is 5.73 Å². The number of likely N-dealkylation sites (tertiary alicyclic amines) is 1. The molecule has 1 unspecified atom stereocenters. The van der Waals surface area contributed by atoms with Gasteiger partial charge < -0.3 is 10.6 Å². The van der Waals surface area contributed by atoms with E-state index in [9.17, 15) is 13.2 Å². The maximum Gasteiger partial charge on any atom is 0.261 e. The summed E-state index contributed by atoms with van der Waals surface area (Å²) in [6, 6.07) is 9.06. The molecule has 3 N–H and O–H groups in total. The van der Waals surface area contributed by atoms with Crippen molar-refractivity contribution >= 4 is 21.6 Å². The summed E-state index contributed by atoms with van der Waals surface area (Å²) in [6.07, 6.45) is 4.81. The van der Waals surface area contributed by atoms with Gasteiger partial charge in [0.05, 0.1) is 10.6 Å². The summed E-state index contributed by atoms with van der Waals surface area (Å²) in [4.78, 5) is 18.1. The van der Waals surface area contributed by atoms with Crippen molar-refractivity contribution in [1.82, 2.24) is 9.88 Å². The summed E-state index contributed by atoms with van der Waals surface area (Å²) >= 11 is 0. The van der Waals surface area contributed by atoms with Crippen LogP contribution in [0.15, 0.2) is 53.7 Å². The first kappa shape index (κ1) is 17.4. The number of hydrogen-bond donors (Lipinski definition) is 2. The normalized spacial score (nSPS) is 18.0. The van der Waals surface area contributed by atoms with Gasteiger partial charge >= 0.3 is 0 Å². The van der Waals surface area contributed by atoms with Gasteiger partial charge in [-0.05, 0) is 49.2 Å². The molecule has 8 heteroatoms. The molecule has 1 aromatic heterocycles. The lowest BCUT2D eigenvalue weighted by atomic mass is 10.1. The van der Waals surface area contributed by atoms with Crippen molar-refractivity contribution in [1.29, 1.82) is 0 Å². The van der Waals surface area contributed by atoms with Gasteiger partial charge in [0.15, 0.2) is 0 Å². The van der Waals surface area contributed by atoms with Crippen molar-refractivity contribution < 1.29 is 13.2 Å². The van der Waals surface area contributed by atoms with Crippen LogP contribution >= 0.6 is 0 Å². The molecule has 2 heterocycles. The molecule has 0 spiro atoms. The predicted octanol–water partition coefficient (Wildman–Crippen LogP) is 1.45. The molecule has 3 rings (SSSR count). The SMILES string of the molecule is NC1CCCN(C(=O)c2ccc(S(=O)(=O)Nc3ccncc3)cc2)C1. The molecule has 1 aliphatic rings. The Morgan fingerprint density at radius 3 is 2.48 bits per heavy atom. The third kappa shape index (κ3) is 4.15. The highest BCUT2D eigenvalue weighted by Crippen LogP contribution is 2.18. The van der Waals surface area contributed by atoms with Crippen LogP contribution < -0.4 is 10.5 Å². The van der Waals surface area contributed by atoms with Crippen molar-refractivity contribution in [3.63, 3.8) is 0 Å². The van der Waals surface area contributed by atoms with Gasteiger partial charge in [0.2, 0.25) is 0 Å². The molecule has 0 bridgehead atoms. The Morgan fingerprint density at radius 2 is 1.84 bits per heavy atom. The molecule has 0 radical (unpaired) electrons. The van der Waals surface area contributed by atoms with E-state index in [2.05, 4.69) is 9.71 Å². The molecule has 2 aromatic rings. The minimum absolute atomic E-state index is 0.00177. The Morgan fingerprint density at radius 1 is 1.16 bits per heavy atom. The largest absolute Gasteiger partial charge is 0.337 e. The second-order valence-corrected chi connectivity index (χ2v) is 7.70. The number of nitrogens with zero attached hydrogens (tertiary/aromatic N) is 2. The van der Waals surface area contributed by atoms with Crippen LogP contribution in [0.5, 0.6) is 0 Å². The van der Waals surface area contributed by atoms with E-state index in [0.717, 1.165) is 12.8 Å². The minimum atomic E-state index is -3.71. The summed E-state index contributed by atoms with van der Waals surface area (Å²) < 4.78 is 27.2. The first-order valence-corrected chi connectivity index (χ1v) is 9.52. The molecule has 1 aromatic carbocycles. The number of sulfonamides is 1. The van der Waals surface area contributed by atoms with Crippen molar-refractivity contribution in [3.05, 3.63) is 54.4 Å². The van der Waals surface area contributed by atoms with Gasteiger partial charge in [-0.25, -0.2) is 8.42 Å². The van der Waals surface area contributed by atoms with Crippen LogP contribution in [0.2, 0.25) is 0 Å². The average molecular weight is 360 g/mol. The van der Waals surface area contributed by atoms with Crippen molar-refractivity contribution in [2.75, 3.05) is 17.8 Å². The van der Waals surface area contributed by atoms with Crippen LogP contribution in [0.4, 0.5) is 5.69 Å². The van der Waals surface area contributed by atoms with E-state index in [0.29, 0.717) is 24.3 Å². The van der Waals surface area contributed by atoms with Gasteiger partial charge in [0, 0.05) is 37.1 Å². The molecular formula is C17H20N4O3S. The lowest BCUT2D eigenvalue weighted by molar-refractivity contribution is 0.0708. The van der Waals surface area contributed by atoms with Gasteiger partial charge in [-0.2, -0.15) is 0 Å². The highest BCUT2D eigenvalue weighted by Gasteiger charge is 2.23. The molecule has 0 aliphatic carbocycles. The molecule has 0 saturated carbocycles. The number of carbonyl (C=O) groups excluding carboxylic acids is 1. The van der Waals surface area contributed by atoms with E-state index in [1.54, 1.807) is 17.0 Å². The van der Waals surface area contributed by atoms with Crippen LogP contribution in [0, 0.1) is 0 Å². The number of hydrogen-bond acceptors (Lipinski definition) is 5. The zero-order valence-electron chi connectivity index (χ0n) is 13.6. The van der Waals surface area contributed by atoms with Crippen molar-refractivity contribution in [3.8, 4) is 0 Å². The fourth-order valence-electron chi connectivity index (χ4n) is 2.79. The standard InChI is InChI=1S/C17H20N4O3S/c18-14-2-1-11-21(12-14)17(22)13-3-5-16(6-4-13)25(23,24)20-15-7-9-19-10-8-15/h3-10,14H,1-2,11-12,18H2,(H,19,20). The lowest BCUT2D eigenvalue weighted by Crippen LogP contribution is -2.45. The molecule has 25 heavy (non-hydrogen) atoms. The molecule has 1 fully saturated rings. The second kappa shape index (κ2) is 7.20. The maximum atomic E-state index is 12.5. The lowest BCUT2D eigenvalue weighted by Gasteiger charge is -2.30. The monoisotopic (exact) mass is 360 g/mol. The number of nitrogens with two attached hydrogens (primary N) is 1. The number of amides is 1. The van der Waals surface area contributed by atoms with Crippen LogP contribution in [-0.4, -0.2) is 43.3 Å². The minimum Gasteiger partial charge on any atom is -0.337 e. The number of benzene rings is 1. The highest BCUT2D eigenvalue weighted by atomic mass is 32.2. The fraction of sp³-hybridized carbons (Fsp3) is 0.294. The Hall–Kier alpha value is -2.45. The Kier molecular flexibility index (Phi) is 5.00. The Labute approximate surface area is 146 Å². The number of rotatable bonds is 4. The average Bonchev–Trinajstić information content (AvgIpc) is 2.62. The number of nitrogens with one attached hydrogen (secondary N) is 1. The zero-order chi connectivity index (χ0) is 17.9. The number of anilines is 1. The number of piperidine rings is 1. The Bertz CT molecular complexity index is 838. The van der Waals surface area contributed by atoms with Crippen LogP contribution in [-0.2, 0) is 10.0 Å². The summed E-state index contributed by atoms with van der Waals surface area (Å²) in [5.41, 5.74) is 6.79. The third-order valence-corrected chi connectivity index (χ3v) is 5.49. The Balaban J connectivity index is 1.74. The van der Waals surface area contributed by atoms with E-state index in [4.69, 9.17) is 5.73 Å². The molecule has 1 saturated heterocycles. The van der Waals surface area contributed by atoms with Gasteiger partial charge in [-0.1, -0.05) is 0 Å². The smallest absolute Gasteiger partial charge is 0.261 e.